The molecule has 0 saturated heterocycles. The fourth-order valence-electron chi connectivity index (χ4n) is 4.43. The van der Waals surface area contributed by atoms with E-state index in [1.165, 1.54) is 96.3 Å². The van der Waals surface area contributed by atoms with Crippen molar-refractivity contribution in [3.8, 4) is 0 Å². The Hall–Kier alpha value is -1.18. The highest BCUT2D eigenvalue weighted by atomic mass is 16.7. The summed E-state index contributed by atoms with van der Waals surface area (Å²) in [5.74, 6) is -0.194. The molecule has 7 nitrogen and oxygen atoms in total. The van der Waals surface area contributed by atoms with Gasteiger partial charge in [0, 0.05) is 26.5 Å². The first-order valence-electron chi connectivity index (χ1n) is 15.8. The van der Waals surface area contributed by atoms with E-state index in [0.29, 0.717) is 13.0 Å². The molecule has 0 aliphatic heterocycles. The van der Waals surface area contributed by atoms with E-state index in [1.54, 1.807) is 6.92 Å². The minimum absolute atomic E-state index is 0.0609. The molecule has 38 heavy (non-hydrogen) atoms. The Bertz CT molecular complexity index is 517. The van der Waals surface area contributed by atoms with Gasteiger partial charge in [0.1, 0.15) is 12.9 Å². The molecule has 0 aromatic heterocycles. The van der Waals surface area contributed by atoms with Gasteiger partial charge in [0.2, 0.25) is 5.91 Å². The number of esters is 1. The lowest BCUT2D eigenvalue weighted by molar-refractivity contribution is -0.159. The van der Waals surface area contributed by atoms with Crippen LogP contribution >= 0.6 is 0 Å². The Labute approximate surface area is 234 Å². The summed E-state index contributed by atoms with van der Waals surface area (Å²) in [6, 6.07) is 0. The van der Waals surface area contributed by atoms with Crippen molar-refractivity contribution in [2.45, 2.75) is 155 Å². The van der Waals surface area contributed by atoms with Crippen LogP contribution in [-0.2, 0) is 23.8 Å². The van der Waals surface area contributed by atoms with Crippen LogP contribution in [0.25, 0.3) is 0 Å². The summed E-state index contributed by atoms with van der Waals surface area (Å²) in [4.78, 5) is 22.8. The van der Waals surface area contributed by atoms with Crippen molar-refractivity contribution in [3.05, 3.63) is 0 Å². The zero-order chi connectivity index (χ0) is 27.9. The number of hydrogen-bond acceptors (Lipinski definition) is 6. The van der Waals surface area contributed by atoms with Gasteiger partial charge >= 0.3 is 5.97 Å². The lowest BCUT2D eigenvalue weighted by atomic mass is 10.1. The van der Waals surface area contributed by atoms with Crippen LogP contribution in [0.3, 0.4) is 0 Å². The van der Waals surface area contributed by atoms with Gasteiger partial charge in [-0.15, -0.1) is 0 Å². The molecule has 0 fully saturated rings. The van der Waals surface area contributed by atoms with Gasteiger partial charge in [-0.05, 0) is 19.3 Å². The van der Waals surface area contributed by atoms with Crippen LogP contribution in [0.2, 0.25) is 0 Å². The topological polar surface area (TPSA) is 94.1 Å². The summed E-state index contributed by atoms with van der Waals surface area (Å²) in [6.07, 6.45) is 24.1. The average molecular weight is 544 g/mol. The van der Waals surface area contributed by atoms with Gasteiger partial charge in [-0.1, -0.05) is 116 Å². The highest BCUT2D eigenvalue weighted by molar-refractivity contribution is 5.72. The van der Waals surface area contributed by atoms with Crippen molar-refractivity contribution in [2.75, 3.05) is 33.2 Å². The molecule has 226 valence electrons. The Morgan fingerprint density at radius 2 is 1.18 bits per heavy atom. The van der Waals surface area contributed by atoms with E-state index in [2.05, 4.69) is 12.2 Å². The van der Waals surface area contributed by atoms with Crippen molar-refractivity contribution >= 4 is 11.9 Å². The largest absolute Gasteiger partial charge is 0.457 e. The van der Waals surface area contributed by atoms with Crippen molar-refractivity contribution in [1.82, 2.24) is 5.32 Å². The Morgan fingerprint density at radius 3 is 1.71 bits per heavy atom. The monoisotopic (exact) mass is 543 g/mol. The minimum Gasteiger partial charge on any atom is -0.457 e. The fraction of sp³-hybridized carbons (Fsp3) is 0.935. The molecule has 0 aliphatic rings. The second-order valence-corrected chi connectivity index (χ2v) is 10.6. The van der Waals surface area contributed by atoms with Gasteiger partial charge in [-0.25, -0.2) is 0 Å². The predicted molar refractivity (Wildman–Crippen MR) is 155 cm³/mol. The Kier molecular flexibility index (Phi) is 29.4. The summed E-state index contributed by atoms with van der Waals surface area (Å²) in [6.45, 7) is 5.36. The van der Waals surface area contributed by atoms with Crippen molar-refractivity contribution in [1.29, 1.82) is 0 Å². The van der Waals surface area contributed by atoms with Crippen molar-refractivity contribution < 1.29 is 28.9 Å². The summed E-state index contributed by atoms with van der Waals surface area (Å²) < 4.78 is 16.3. The first-order chi connectivity index (χ1) is 18.6. The number of hydrogen-bond donors (Lipinski definition) is 2. The second-order valence-electron chi connectivity index (χ2n) is 10.6. The Morgan fingerprint density at radius 1 is 0.684 bits per heavy atom. The van der Waals surface area contributed by atoms with Crippen molar-refractivity contribution in [2.24, 2.45) is 0 Å². The number of aliphatic hydroxyl groups is 1. The van der Waals surface area contributed by atoms with E-state index in [0.717, 1.165) is 38.6 Å². The lowest BCUT2D eigenvalue weighted by Crippen LogP contribution is -2.27. The number of nitrogens with one attached hydrogen (secondary N) is 1. The molecule has 0 heterocycles. The van der Waals surface area contributed by atoms with Gasteiger partial charge in [0.15, 0.2) is 0 Å². The zero-order valence-corrected chi connectivity index (χ0v) is 25.0. The van der Waals surface area contributed by atoms with Crippen LogP contribution < -0.4 is 5.32 Å². The van der Waals surface area contributed by atoms with E-state index >= 15 is 0 Å². The number of aliphatic hydroxyl groups excluding tert-OH is 1. The van der Waals surface area contributed by atoms with Crippen LogP contribution in [0, 0.1) is 0 Å². The molecule has 0 aliphatic carbocycles. The highest BCUT2D eigenvalue weighted by Gasteiger charge is 2.13. The first-order valence-corrected chi connectivity index (χ1v) is 15.8. The number of ether oxygens (including phenoxy) is 3. The smallest absolute Gasteiger partial charge is 0.306 e. The van der Waals surface area contributed by atoms with Gasteiger partial charge < -0.3 is 24.6 Å². The molecular formula is C31H61NO6. The number of carbonyl (C=O) groups is 2. The third-order valence-electron chi connectivity index (χ3n) is 6.80. The van der Waals surface area contributed by atoms with Gasteiger partial charge in [0.05, 0.1) is 13.2 Å². The molecule has 1 atom stereocenters. The van der Waals surface area contributed by atoms with Crippen LogP contribution in [0.5, 0.6) is 0 Å². The van der Waals surface area contributed by atoms with Gasteiger partial charge in [-0.2, -0.15) is 0 Å². The quantitative estimate of drug-likeness (QED) is 0.0564. The normalized spacial score (nSPS) is 12.0. The molecular weight excluding hydrogens is 482 g/mol. The standard InChI is InChI=1S/C31H61NO6/c1-3-4-5-6-7-8-11-14-17-20-23-31(35)38-30(26-33)27-37-28-36-25-22-19-16-13-10-9-12-15-18-21-24-32-29(2)34/h30,33H,3-28H2,1-2H3,(H,32,34)/t30-/m1/s1. The molecule has 2 N–H and O–H groups in total. The van der Waals surface area contributed by atoms with Gasteiger partial charge in [0.25, 0.3) is 0 Å². The summed E-state index contributed by atoms with van der Waals surface area (Å²) in [5, 5.41) is 12.3. The molecule has 7 heteroatoms. The third kappa shape index (κ3) is 29.4. The van der Waals surface area contributed by atoms with Crippen molar-refractivity contribution in [3.63, 3.8) is 0 Å². The zero-order valence-electron chi connectivity index (χ0n) is 25.0. The maximum atomic E-state index is 12.0. The third-order valence-corrected chi connectivity index (χ3v) is 6.80. The first kappa shape index (κ1) is 36.8. The SMILES string of the molecule is CCCCCCCCCCCCC(=O)O[C@H](CO)COCOCCCCCCCCCCCCNC(C)=O. The molecule has 0 aromatic carbocycles. The van der Waals surface area contributed by atoms with E-state index < -0.39 is 6.10 Å². The van der Waals surface area contributed by atoms with E-state index in [-0.39, 0.29) is 31.9 Å². The fourth-order valence-corrected chi connectivity index (χ4v) is 4.43. The molecule has 0 rings (SSSR count). The summed E-state index contributed by atoms with van der Waals surface area (Å²) in [7, 11) is 0. The van der Waals surface area contributed by atoms with Gasteiger partial charge in [-0.3, -0.25) is 9.59 Å². The van der Waals surface area contributed by atoms with E-state index in [9.17, 15) is 14.7 Å². The predicted octanol–water partition coefficient (Wildman–Crippen LogP) is 7.23. The molecule has 0 unspecified atom stereocenters. The molecule has 1 amide bonds. The number of carbonyl (C=O) groups excluding carboxylic acids is 2. The second kappa shape index (κ2) is 30.4. The maximum absolute atomic E-state index is 12.0. The number of amides is 1. The Balaban J connectivity index is 3.39. The molecule has 0 spiro atoms. The lowest BCUT2D eigenvalue weighted by Gasteiger charge is -2.16. The highest BCUT2D eigenvalue weighted by Crippen LogP contribution is 2.12. The number of unbranched alkanes of at least 4 members (excludes halogenated alkanes) is 18. The van der Waals surface area contributed by atoms with E-state index in [4.69, 9.17) is 14.2 Å². The molecule has 0 bridgehead atoms. The minimum atomic E-state index is -0.619. The molecule has 0 aromatic rings. The molecule has 0 saturated carbocycles. The average Bonchev–Trinajstić information content (AvgIpc) is 2.90. The van der Waals surface area contributed by atoms with E-state index in [1.807, 2.05) is 0 Å². The summed E-state index contributed by atoms with van der Waals surface area (Å²) in [5.41, 5.74) is 0. The van der Waals surface area contributed by atoms with Crippen LogP contribution in [0.15, 0.2) is 0 Å². The van der Waals surface area contributed by atoms with Crippen LogP contribution in [0.4, 0.5) is 0 Å². The molecule has 0 radical (unpaired) electrons. The number of rotatable bonds is 30. The van der Waals surface area contributed by atoms with Crippen LogP contribution in [-0.4, -0.2) is 56.2 Å². The summed E-state index contributed by atoms with van der Waals surface area (Å²) >= 11 is 0. The maximum Gasteiger partial charge on any atom is 0.306 e. The van der Waals surface area contributed by atoms with Crippen LogP contribution in [0.1, 0.15) is 149 Å².